The van der Waals surface area contributed by atoms with Crippen molar-refractivity contribution in [1.29, 1.82) is 0 Å². The van der Waals surface area contributed by atoms with Gasteiger partial charge in [0.25, 0.3) is 5.91 Å². The summed E-state index contributed by atoms with van der Waals surface area (Å²) in [4.78, 5) is 14.6. The molecule has 0 bridgehead atoms. The van der Waals surface area contributed by atoms with E-state index in [2.05, 4.69) is 18.9 Å². The van der Waals surface area contributed by atoms with Crippen LogP contribution < -0.4 is 5.73 Å². The highest BCUT2D eigenvalue weighted by atomic mass is 16.2. The highest BCUT2D eigenvalue weighted by Crippen LogP contribution is 2.22. The minimum Gasteiger partial charge on any atom is -0.333 e. The lowest BCUT2D eigenvalue weighted by molar-refractivity contribution is 0.0577. The molecule has 2 N–H and O–H groups in total. The van der Waals surface area contributed by atoms with Crippen LogP contribution in [0.1, 0.15) is 62.1 Å². The molecule has 1 aliphatic rings. The van der Waals surface area contributed by atoms with Crippen molar-refractivity contribution < 1.29 is 4.79 Å². The van der Waals surface area contributed by atoms with Crippen molar-refractivity contribution in [3.63, 3.8) is 0 Å². The SMILES string of the molecule is CC(C)c1cc(C(=O)N2CCCC[C@@H]2[C@H](C)N)nn1C. The van der Waals surface area contributed by atoms with Crippen LogP contribution in [-0.2, 0) is 7.05 Å². The molecule has 20 heavy (non-hydrogen) atoms. The molecule has 2 heterocycles. The summed E-state index contributed by atoms with van der Waals surface area (Å²) in [7, 11) is 1.89. The Bertz CT molecular complexity index is 478. The standard InChI is InChI=1S/C15H26N4O/c1-10(2)14-9-12(17-18(14)4)15(20)19-8-6-5-7-13(19)11(3)16/h9-11,13H,5-8,16H2,1-4H3/t11-,13+/m0/s1. The van der Waals surface area contributed by atoms with Crippen molar-refractivity contribution in [2.75, 3.05) is 6.54 Å². The van der Waals surface area contributed by atoms with Crippen molar-refractivity contribution in [2.45, 2.75) is 58.0 Å². The zero-order valence-corrected chi connectivity index (χ0v) is 13.0. The number of likely N-dealkylation sites (tertiary alicyclic amines) is 1. The van der Waals surface area contributed by atoms with Crippen molar-refractivity contribution >= 4 is 5.91 Å². The van der Waals surface area contributed by atoms with Crippen molar-refractivity contribution in [3.8, 4) is 0 Å². The summed E-state index contributed by atoms with van der Waals surface area (Å²) in [6, 6.07) is 2.06. The Labute approximate surface area is 121 Å². The third-order valence-corrected chi connectivity index (χ3v) is 4.14. The van der Waals surface area contributed by atoms with E-state index >= 15 is 0 Å². The molecule has 0 unspecified atom stereocenters. The molecule has 1 aromatic heterocycles. The Balaban J connectivity index is 2.23. The van der Waals surface area contributed by atoms with Crippen molar-refractivity contribution in [3.05, 3.63) is 17.5 Å². The number of amides is 1. The number of carbonyl (C=O) groups excluding carboxylic acids is 1. The van der Waals surface area contributed by atoms with E-state index in [4.69, 9.17) is 5.73 Å². The summed E-state index contributed by atoms with van der Waals surface area (Å²) in [5.74, 6) is 0.383. The first-order valence-electron chi connectivity index (χ1n) is 7.52. The minimum absolute atomic E-state index is 0.00697. The van der Waals surface area contributed by atoms with Crippen LogP contribution in [0.4, 0.5) is 0 Å². The predicted molar refractivity (Wildman–Crippen MR) is 79.6 cm³/mol. The number of piperidine rings is 1. The Morgan fingerprint density at radius 1 is 1.40 bits per heavy atom. The van der Waals surface area contributed by atoms with E-state index in [9.17, 15) is 4.79 Å². The van der Waals surface area contributed by atoms with Gasteiger partial charge in [-0.1, -0.05) is 13.8 Å². The van der Waals surface area contributed by atoms with Crippen LogP contribution in [0.3, 0.4) is 0 Å². The van der Waals surface area contributed by atoms with E-state index in [1.807, 2.05) is 29.6 Å². The number of nitrogens with zero attached hydrogens (tertiary/aromatic N) is 3. The maximum absolute atomic E-state index is 12.7. The number of aryl methyl sites for hydroxylation is 1. The fourth-order valence-corrected chi connectivity index (χ4v) is 3.03. The Morgan fingerprint density at radius 2 is 2.10 bits per heavy atom. The maximum Gasteiger partial charge on any atom is 0.274 e. The molecule has 1 saturated heterocycles. The molecule has 2 atom stereocenters. The number of nitrogens with two attached hydrogens (primary N) is 1. The molecule has 1 amide bonds. The van der Waals surface area contributed by atoms with Gasteiger partial charge >= 0.3 is 0 Å². The lowest BCUT2D eigenvalue weighted by Crippen LogP contribution is -2.51. The molecule has 5 heteroatoms. The molecule has 0 aliphatic carbocycles. The second kappa shape index (κ2) is 5.95. The topological polar surface area (TPSA) is 64.2 Å². The minimum atomic E-state index is 0.00697. The normalized spacial score (nSPS) is 21.3. The summed E-state index contributed by atoms with van der Waals surface area (Å²) < 4.78 is 1.81. The Hall–Kier alpha value is -1.36. The molecule has 0 aromatic carbocycles. The van der Waals surface area contributed by atoms with Gasteiger partial charge < -0.3 is 10.6 Å². The van der Waals surface area contributed by atoms with Crippen LogP contribution in [0.5, 0.6) is 0 Å². The van der Waals surface area contributed by atoms with Crippen LogP contribution in [0.15, 0.2) is 6.07 Å². The quantitative estimate of drug-likeness (QED) is 0.918. The van der Waals surface area contributed by atoms with Gasteiger partial charge in [0.05, 0.1) is 0 Å². The van der Waals surface area contributed by atoms with Gasteiger partial charge in [0, 0.05) is 31.4 Å². The summed E-state index contributed by atoms with van der Waals surface area (Å²) in [6.45, 7) is 6.99. The molecular weight excluding hydrogens is 252 g/mol. The second-order valence-corrected chi connectivity index (χ2v) is 6.15. The molecule has 0 radical (unpaired) electrons. The second-order valence-electron chi connectivity index (χ2n) is 6.15. The number of hydrogen-bond donors (Lipinski definition) is 1. The van der Waals surface area contributed by atoms with E-state index in [0.717, 1.165) is 31.5 Å². The van der Waals surface area contributed by atoms with E-state index in [1.165, 1.54) is 0 Å². The lowest BCUT2D eigenvalue weighted by Gasteiger charge is -2.37. The van der Waals surface area contributed by atoms with Gasteiger partial charge in [0.2, 0.25) is 0 Å². The molecule has 5 nitrogen and oxygen atoms in total. The Kier molecular flexibility index (Phi) is 4.48. The number of aromatic nitrogens is 2. The van der Waals surface area contributed by atoms with Crippen LogP contribution >= 0.6 is 0 Å². The maximum atomic E-state index is 12.7. The molecule has 1 aliphatic heterocycles. The third kappa shape index (κ3) is 2.87. The van der Waals surface area contributed by atoms with Crippen LogP contribution in [0, 0.1) is 0 Å². The average molecular weight is 278 g/mol. The highest BCUT2D eigenvalue weighted by Gasteiger charge is 2.31. The van der Waals surface area contributed by atoms with E-state index < -0.39 is 0 Å². The molecule has 0 spiro atoms. The fraction of sp³-hybridized carbons (Fsp3) is 0.733. The van der Waals surface area contributed by atoms with Gasteiger partial charge in [-0.05, 0) is 38.2 Å². The zero-order valence-electron chi connectivity index (χ0n) is 13.0. The Morgan fingerprint density at radius 3 is 2.65 bits per heavy atom. The smallest absolute Gasteiger partial charge is 0.274 e. The number of hydrogen-bond acceptors (Lipinski definition) is 3. The molecule has 112 valence electrons. The number of rotatable bonds is 3. The van der Waals surface area contributed by atoms with Crippen LogP contribution in [-0.4, -0.2) is 39.2 Å². The highest BCUT2D eigenvalue weighted by molar-refractivity contribution is 5.92. The fourth-order valence-electron chi connectivity index (χ4n) is 3.03. The van der Waals surface area contributed by atoms with Crippen LogP contribution in [0.25, 0.3) is 0 Å². The number of carbonyl (C=O) groups is 1. The van der Waals surface area contributed by atoms with E-state index in [0.29, 0.717) is 11.6 Å². The van der Waals surface area contributed by atoms with Crippen molar-refractivity contribution in [2.24, 2.45) is 12.8 Å². The molecule has 2 rings (SSSR count). The third-order valence-electron chi connectivity index (χ3n) is 4.14. The van der Waals surface area contributed by atoms with Gasteiger partial charge in [-0.3, -0.25) is 9.48 Å². The van der Waals surface area contributed by atoms with Gasteiger partial charge in [0.1, 0.15) is 0 Å². The van der Waals surface area contributed by atoms with E-state index in [1.54, 1.807) is 0 Å². The molecule has 1 aromatic rings. The monoisotopic (exact) mass is 278 g/mol. The first-order valence-corrected chi connectivity index (χ1v) is 7.52. The summed E-state index contributed by atoms with van der Waals surface area (Å²) in [5.41, 5.74) is 7.67. The van der Waals surface area contributed by atoms with Gasteiger partial charge in [-0.25, -0.2) is 0 Å². The van der Waals surface area contributed by atoms with Gasteiger partial charge in [-0.15, -0.1) is 0 Å². The van der Waals surface area contributed by atoms with E-state index in [-0.39, 0.29) is 18.0 Å². The zero-order chi connectivity index (χ0) is 14.9. The van der Waals surface area contributed by atoms with Gasteiger partial charge in [-0.2, -0.15) is 5.10 Å². The summed E-state index contributed by atoms with van der Waals surface area (Å²) in [5, 5.41) is 4.39. The molecule has 1 fully saturated rings. The first kappa shape index (κ1) is 15.0. The average Bonchev–Trinajstić information content (AvgIpc) is 2.80. The largest absolute Gasteiger partial charge is 0.333 e. The van der Waals surface area contributed by atoms with Crippen molar-refractivity contribution in [1.82, 2.24) is 14.7 Å². The molecule has 0 saturated carbocycles. The first-order chi connectivity index (χ1) is 9.41. The summed E-state index contributed by atoms with van der Waals surface area (Å²) >= 11 is 0. The summed E-state index contributed by atoms with van der Waals surface area (Å²) in [6.07, 6.45) is 3.20. The van der Waals surface area contributed by atoms with Gasteiger partial charge in [0.15, 0.2) is 5.69 Å². The molecular formula is C15H26N4O. The van der Waals surface area contributed by atoms with Crippen LogP contribution in [0.2, 0.25) is 0 Å². The predicted octanol–water partition coefficient (Wildman–Crippen LogP) is 1.89. The lowest BCUT2D eigenvalue weighted by atomic mass is 9.96.